The maximum absolute atomic E-state index is 14.5. The largest absolute Gasteiger partial charge is 0.352 e. The molecule has 7 nitrogen and oxygen atoms in total. The molecule has 44 heavy (non-hydrogen) atoms. The average molecular weight is 632 g/mol. The number of hydrogen-bond acceptors (Lipinski definition) is 4. The fourth-order valence-electron chi connectivity index (χ4n) is 4.98. The van der Waals surface area contributed by atoms with Gasteiger partial charge in [0.15, 0.2) is 0 Å². The van der Waals surface area contributed by atoms with Gasteiger partial charge in [-0.1, -0.05) is 90.5 Å². The Kier molecular flexibility index (Phi) is 10.8. The van der Waals surface area contributed by atoms with Crippen LogP contribution in [0.4, 0.5) is 5.69 Å². The number of anilines is 1. The molecule has 0 aliphatic carbocycles. The van der Waals surface area contributed by atoms with Gasteiger partial charge in [0.05, 0.1) is 10.6 Å². The van der Waals surface area contributed by atoms with Gasteiger partial charge in [0.1, 0.15) is 12.6 Å². The summed E-state index contributed by atoms with van der Waals surface area (Å²) < 4.78 is 29.5. The van der Waals surface area contributed by atoms with Crippen molar-refractivity contribution >= 4 is 39.1 Å². The van der Waals surface area contributed by atoms with E-state index in [2.05, 4.69) is 5.32 Å². The molecule has 4 aromatic rings. The lowest BCUT2D eigenvalue weighted by molar-refractivity contribution is -0.140. The van der Waals surface area contributed by atoms with Crippen LogP contribution < -0.4 is 9.62 Å². The Bertz CT molecular complexity index is 1700. The third-order valence-corrected chi connectivity index (χ3v) is 9.60. The number of amides is 2. The minimum Gasteiger partial charge on any atom is -0.352 e. The van der Waals surface area contributed by atoms with Gasteiger partial charge in [-0.2, -0.15) is 0 Å². The molecule has 0 bridgehead atoms. The molecule has 0 saturated heterocycles. The molecule has 1 N–H and O–H groups in total. The molecular weight excluding hydrogens is 594 g/mol. The van der Waals surface area contributed by atoms with E-state index in [9.17, 15) is 18.0 Å². The number of aryl methyl sites for hydroxylation is 1. The Labute approximate surface area is 265 Å². The maximum atomic E-state index is 14.5. The van der Waals surface area contributed by atoms with Gasteiger partial charge < -0.3 is 10.2 Å². The topological polar surface area (TPSA) is 86.8 Å². The Morgan fingerprint density at radius 2 is 1.43 bits per heavy atom. The molecule has 230 valence electrons. The number of benzene rings is 4. The van der Waals surface area contributed by atoms with Crippen LogP contribution in [0.2, 0.25) is 5.02 Å². The van der Waals surface area contributed by atoms with Gasteiger partial charge in [-0.25, -0.2) is 8.42 Å². The molecule has 4 rings (SSSR count). The van der Waals surface area contributed by atoms with E-state index < -0.39 is 28.5 Å². The molecule has 9 heteroatoms. The summed E-state index contributed by atoms with van der Waals surface area (Å²) >= 11 is 6.55. The second-order valence-corrected chi connectivity index (χ2v) is 13.3. The highest BCUT2D eigenvalue weighted by molar-refractivity contribution is 7.92. The molecule has 1 atom stereocenters. The summed E-state index contributed by atoms with van der Waals surface area (Å²) in [5, 5.41) is 3.40. The highest BCUT2D eigenvalue weighted by Gasteiger charge is 2.35. The smallest absolute Gasteiger partial charge is 0.264 e. The van der Waals surface area contributed by atoms with Gasteiger partial charge in [0, 0.05) is 24.0 Å². The molecule has 2 amide bonds. The molecule has 0 radical (unpaired) electrons. The first kappa shape index (κ1) is 32.8. The van der Waals surface area contributed by atoms with E-state index in [4.69, 9.17) is 11.6 Å². The zero-order valence-corrected chi connectivity index (χ0v) is 27.0. The van der Waals surface area contributed by atoms with Crippen molar-refractivity contribution in [1.29, 1.82) is 0 Å². The van der Waals surface area contributed by atoms with Gasteiger partial charge in [-0.3, -0.25) is 13.9 Å². The summed E-state index contributed by atoms with van der Waals surface area (Å²) in [7, 11) is -4.17. The van der Waals surface area contributed by atoms with Crippen molar-refractivity contribution in [1.82, 2.24) is 10.2 Å². The first-order valence-corrected chi connectivity index (χ1v) is 16.3. The highest BCUT2D eigenvalue weighted by Crippen LogP contribution is 2.29. The number of carbonyl (C=O) groups excluding carboxylic acids is 2. The standard InChI is InChI=1S/C35H38ClN3O4S/c1-25(2)37-35(41)33(22-28-15-7-5-8-16-28)38(23-29-17-11-12-20-31(29)36)34(40)24-39(32-21-13-14-26(3)27(32)4)44(42,43)30-18-9-6-10-19-30/h5-21,25,33H,22-24H2,1-4H3,(H,37,41)/t33-/m0/s1. The van der Waals surface area contributed by atoms with Crippen LogP contribution in [-0.2, 0) is 32.6 Å². The monoisotopic (exact) mass is 631 g/mol. The molecule has 0 spiro atoms. The summed E-state index contributed by atoms with van der Waals surface area (Å²) in [6, 6.07) is 28.8. The normalized spacial score (nSPS) is 12.0. The quantitative estimate of drug-likeness (QED) is 0.198. The van der Waals surface area contributed by atoms with Crippen LogP contribution >= 0.6 is 11.6 Å². The molecule has 0 aliphatic rings. The predicted molar refractivity (Wildman–Crippen MR) is 176 cm³/mol. The van der Waals surface area contributed by atoms with E-state index >= 15 is 0 Å². The van der Waals surface area contributed by atoms with Crippen molar-refractivity contribution in [3.05, 3.63) is 130 Å². The Balaban J connectivity index is 1.84. The number of nitrogens with zero attached hydrogens (tertiary/aromatic N) is 2. The second-order valence-electron chi connectivity index (χ2n) is 11.0. The van der Waals surface area contributed by atoms with Crippen LogP contribution in [0, 0.1) is 13.8 Å². The van der Waals surface area contributed by atoms with Gasteiger partial charge in [0.2, 0.25) is 11.8 Å². The molecule has 0 fully saturated rings. The first-order chi connectivity index (χ1) is 21.0. The van der Waals surface area contributed by atoms with Gasteiger partial charge >= 0.3 is 0 Å². The number of carbonyl (C=O) groups is 2. The Morgan fingerprint density at radius 1 is 0.818 bits per heavy atom. The zero-order valence-electron chi connectivity index (χ0n) is 25.4. The molecule has 0 aliphatic heterocycles. The van der Waals surface area contributed by atoms with E-state index in [1.807, 2.05) is 70.2 Å². The second kappa shape index (κ2) is 14.6. The van der Waals surface area contributed by atoms with Crippen LogP contribution in [0.5, 0.6) is 0 Å². The first-order valence-electron chi connectivity index (χ1n) is 14.5. The highest BCUT2D eigenvalue weighted by atomic mass is 35.5. The predicted octanol–water partition coefficient (Wildman–Crippen LogP) is 6.32. The lowest BCUT2D eigenvalue weighted by Gasteiger charge is -2.34. The SMILES string of the molecule is Cc1cccc(N(CC(=O)N(Cc2ccccc2Cl)[C@@H](Cc2ccccc2)C(=O)NC(C)C)S(=O)(=O)c2ccccc2)c1C. The van der Waals surface area contributed by atoms with Crippen LogP contribution in [0.1, 0.15) is 36.1 Å². The fraction of sp³-hybridized carbons (Fsp3) is 0.257. The number of rotatable bonds is 12. The van der Waals surface area contributed by atoms with Crippen molar-refractivity contribution in [3.63, 3.8) is 0 Å². The van der Waals surface area contributed by atoms with Crippen LogP contribution in [0.3, 0.4) is 0 Å². The number of nitrogens with one attached hydrogen (secondary N) is 1. The zero-order chi connectivity index (χ0) is 31.9. The van der Waals surface area contributed by atoms with Crippen molar-refractivity contribution in [2.45, 2.75) is 57.6 Å². The van der Waals surface area contributed by atoms with Crippen LogP contribution in [0.15, 0.2) is 108 Å². The van der Waals surface area contributed by atoms with E-state index in [1.54, 1.807) is 48.5 Å². The summed E-state index contributed by atoms with van der Waals surface area (Å²) in [6.45, 7) is 6.92. The number of hydrogen-bond donors (Lipinski definition) is 1. The van der Waals surface area contributed by atoms with Gasteiger partial charge in [0.25, 0.3) is 10.0 Å². The average Bonchev–Trinajstić information content (AvgIpc) is 3.00. The molecule has 0 saturated carbocycles. The van der Waals surface area contributed by atoms with Gasteiger partial charge in [-0.05, 0) is 74.2 Å². The minimum atomic E-state index is -4.17. The summed E-state index contributed by atoms with van der Waals surface area (Å²) in [4.78, 5) is 29.8. The molecule has 4 aromatic carbocycles. The molecule has 0 heterocycles. The summed E-state index contributed by atoms with van der Waals surface area (Å²) in [5.74, 6) is -0.876. The third kappa shape index (κ3) is 7.87. The molecule has 0 unspecified atom stereocenters. The summed E-state index contributed by atoms with van der Waals surface area (Å²) in [6.07, 6.45) is 0.227. The van der Waals surface area contributed by atoms with E-state index in [1.165, 1.54) is 17.0 Å². The fourth-order valence-corrected chi connectivity index (χ4v) is 6.67. The van der Waals surface area contributed by atoms with Crippen molar-refractivity contribution in [2.24, 2.45) is 0 Å². The minimum absolute atomic E-state index is 0.00749. The van der Waals surface area contributed by atoms with Crippen molar-refractivity contribution in [3.8, 4) is 0 Å². The summed E-state index contributed by atoms with van der Waals surface area (Å²) in [5.41, 5.74) is 3.51. The maximum Gasteiger partial charge on any atom is 0.264 e. The van der Waals surface area contributed by atoms with E-state index in [0.29, 0.717) is 16.3 Å². The number of halogens is 1. The lowest BCUT2D eigenvalue weighted by Crippen LogP contribution is -2.54. The Hall–Kier alpha value is -4.14. The Morgan fingerprint density at radius 3 is 2.07 bits per heavy atom. The van der Waals surface area contributed by atoms with Crippen molar-refractivity contribution in [2.75, 3.05) is 10.8 Å². The molecular formula is C35H38ClN3O4S. The lowest BCUT2D eigenvalue weighted by atomic mass is 10.0. The van der Waals surface area contributed by atoms with E-state index in [0.717, 1.165) is 21.0 Å². The molecule has 0 aromatic heterocycles. The number of sulfonamides is 1. The van der Waals surface area contributed by atoms with Crippen LogP contribution in [0.25, 0.3) is 0 Å². The van der Waals surface area contributed by atoms with Crippen LogP contribution in [-0.4, -0.2) is 43.8 Å². The van der Waals surface area contributed by atoms with Crippen molar-refractivity contribution < 1.29 is 18.0 Å². The van der Waals surface area contributed by atoms with E-state index in [-0.39, 0.29) is 29.8 Å². The third-order valence-electron chi connectivity index (χ3n) is 7.46. The van der Waals surface area contributed by atoms with Gasteiger partial charge in [-0.15, -0.1) is 0 Å².